The Morgan fingerprint density at radius 2 is 1.88 bits per heavy atom. The smallest absolute Gasteiger partial charge is 0.317 e. The summed E-state index contributed by atoms with van der Waals surface area (Å²) in [4.78, 5) is 13.5. The zero-order valence-corrected chi connectivity index (χ0v) is 9.91. The SMILES string of the molecule is O=C(NCCOC1CCCC1)N1CCCC1. The predicted molar refractivity (Wildman–Crippen MR) is 62.4 cm³/mol. The second-order valence-electron chi connectivity index (χ2n) is 4.70. The number of hydrogen-bond acceptors (Lipinski definition) is 2. The summed E-state index contributed by atoms with van der Waals surface area (Å²) in [7, 11) is 0. The largest absolute Gasteiger partial charge is 0.376 e. The van der Waals surface area contributed by atoms with Crippen LogP contribution in [0.1, 0.15) is 38.5 Å². The number of rotatable bonds is 4. The molecule has 0 atom stereocenters. The summed E-state index contributed by atoms with van der Waals surface area (Å²) in [6.45, 7) is 3.13. The summed E-state index contributed by atoms with van der Waals surface area (Å²) in [5.41, 5.74) is 0. The van der Waals surface area contributed by atoms with Gasteiger partial charge in [0.2, 0.25) is 0 Å². The van der Waals surface area contributed by atoms with Gasteiger partial charge in [-0.15, -0.1) is 0 Å². The normalized spacial score (nSPS) is 21.6. The van der Waals surface area contributed by atoms with Gasteiger partial charge in [-0.3, -0.25) is 0 Å². The number of carbonyl (C=O) groups excluding carboxylic acids is 1. The molecule has 0 aromatic carbocycles. The van der Waals surface area contributed by atoms with E-state index in [9.17, 15) is 4.79 Å². The zero-order chi connectivity index (χ0) is 11.2. The van der Waals surface area contributed by atoms with Crippen molar-refractivity contribution in [1.29, 1.82) is 0 Å². The molecule has 0 unspecified atom stereocenters. The summed E-state index contributed by atoms with van der Waals surface area (Å²) in [6, 6.07) is 0.0764. The lowest BCUT2D eigenvalue weighted by Crippen LogP contribution is -2.39. The lowest BCUT2D eigenvalue weighted by atomic mass is 10.3. The molecule has 2 rings (SSSR count). The minimum Gasteiger partial charge on any atom is -0.376 e. The van der Waals surface area contributed by atoms with Crippen LogP contribution in [0, 0.1) is 0 Å². The molecular formula is C12H22N2O2. The van der Waals surface area contributed by atoms with Crippen molar-refractivity contribution >= 4 is 6.03 Å². The number of amides is 2. The summed E-state index contributed by atoms with van der Waals surface area (Å²) in [5.74, 6) is 0. The Balaban J connectivity index is 1.51. The number of ether oxygens (including phenoxy) is 1. The molecule has 16 heavy (non-hydrogen) atoms. The van der Waals surface area contributed by atoms with Crippen LogP contribution in [0.3, 0.4) is 0 Å². The molecule has 1 heterocycles. The molecule has 1 aliphatic heterocycles. The Kier molecular flexibility index (Phi) is 4.45. The van der Waals surface area contributed by atoms with Crippen molar-refractivity contribution in [3.63, 3.8) is 0 Å². The van der Waals surface area contributed by atoms with Crippen molar-refractivity contribution in [2.45, 2.75) is 44.6 Å². The summed E-state index contributed by atoms with van der Waals surface area (Å²) >= 11 is 0. The summed E-state index contributed by atoms with van der Waals surface area (Å²) in [5, 5.41) is 2.91. The molecule has 0 bridgehead atoms. The molecule has 1 saturated carbocycles. The van der Waals surface area contributed by atoms with Gasteiger partial charge in [-0.05, 0) is 25.7 Å². The molecule has 2 fully saturated rings. The maximum absolute atomic E-state index is 11.6. The minimum absolute atomic E-state index is 0.0764. The average Bonchev–Trinajstić information content (AvgIpc) is 2.96. The Labute approximate surface area is 97.3 Å². The molecule has 0 aromatic rings. The highest BCUT2D eigenvalue weighted by atomic mass is 16.5. The van der Waals surface area contributed by atoms with E-state index in [0.717, 1.165) is 25.9 Å². The molecule has 1 N–H and O–H groups in total. The van der Waals surface area contributed by atoms with E-state index in [4.69, 9.17) is 4.74 Å². The number of urea groups is 1. The highest BCUT2D eigenvalue weighted by Crippen LogP contribution is 2.20. The summed E-state index contributed by atoms with van der Waals surface area (Å²) in [6.07, 6.45) is 7.72. The van der Waals surface area contributed by atoms with Crippen LogP contribution < -0.4 is 5.32 Å². The van der Waals surface area contributed by atoms with Gasteiger partial charge in [-0.1, -0.05) is 12.8 Å². The molecular weight excluding hydrogens is 204 g/mol. The van der Waals surface area contributed by atoms with Crippen molar-refractivity contribution in [1.82, 2.24) is 10.2 Å². The molecule has 2 amide bonds. The van der Waals surface area contributed by atoms with Gasteiger partial charge in [0.25, 0.3) is 0 Å². The fraction of sp³-hybridized carbons (Fsp3) is 0.917. The first-order chi connectivity index (χ1) is 7.86. The number of nitrogens with one attached hydrogen (secondary N) is 1. The van der Waals surface area contributed by atoms with Gasteiger partial charge in [0.15, 0.2) is 0 Å². The monoisotopic (exact) mass is 226 g/mol. The van der Waals surface area contributed by atoms with E-state index in [0.29, 0.717) is 19.3 Å². The highest BCUT2D eigenvalue weighted by molar-refractivity contribution is 5.74. The van der Waals surface area contributed by atoms with Crippen molar-refractivity contribution in [2.75, 3.05) is 26.2 Å². The van der Waals surface area contributed by atoms with E-state index in [2.05, 4.69) is 5.32 Å². The molecule has 0 radical (unpaired) electrons. The second kappa shape index (κ2) is 6.09. The molecule has 1 aliphatic carbocycles. The third-order valence-corrected chi connectivity index (χ3v) is 3.43. The Bertz CT molecular complexity index is 221. The van der Waals surface area contributed by atoms with Gasteiger partial charge in [0.1, 0.15) is 0 Å². The lowest BCUT2D eigenvalue weighted by molar-refractivity contribution is 0.0607. The van der Waals surface area contributed by atoms with Gasteiger partial charge in [0, 0.05) is 19.6 Å². The first-order valence-corrected chi connectivity index (χ1v) is 6.50. The zero-order valence-electron chi connectivity index (χ0n) is 9.91. The molecule has 92 valence electrons. The molecule has 4 nitrogen and oxygen atoms in total. The van der Waals surface area contributed by atoms with Crippen LogP contribution >= 0.6 is 0 Å². The van der Waals surface area contributed by atoms with Crippen LogP contribution in [0.2, 0.25) is 0 Å². The van der Waals surface area contributed by atoms with Gasteiger partial charge in [-0.25, -0.2) is 4.79 Å². The lowest BCUT2D eigenvalue weighted by Gasteiger charge is -2.17. The molecule has 1 saturated heterocycles. The average molecular weight is 226 g/mol. The quantitative estimate of drug-likeness (QED) is 0.742. The van der Waals surface area contributed by atoms with Gasteiger partial charge in [-0.2, -0.15) is 0 Å². The van der Waals surface area contributed by atoms with Crippen LogP contribution in [0.25, 0.3) is 0 Å². The van der Waals surface area contributed by atoms with Crippen LogP contribution in [0.4, 0.5) is 4.79 Å². The Morgan fingerprint density at radius 1 is 1.19 bits per heavy atom. The number of hydrogen-bond donors (Lipinski definition) is 1. The van der Waals surface area contributed by atoms with Crippen molar-refractivity contribution < 1.29 is 9.53 Å². The summed E-state index contributed by atoms with van der Waals surface area (Å²) < 4.78 is 5.68. The van der Waals surface area contributed by atoms with Gasteiger partial charge >= 0.3 is 6.03 Å². The first-order valence-electron chi connectivity index (χ1n) is 6.50. The maximum atomic E-state index is 11.6. The van der Waals surface area contributed by atoms with Crippen LogP contribution in [0.5, 0.6) is 0 Å². The van der Waals surface area contributed by atoms with Gasteiger partial charge in [0.05, 0.1) is 12.7 Å². The van der Waals surface area contributed by atoms with Crippen LogP contribution in [-0.2, 0) is 4.74 Å². The van der Waals surface area contributed by atoms with Gasteiger partial charge < -0.3 is 15.0 Å². The maximum Gasteiger partial charge on any atom is 0.317 e. The van der Waals surface area contributed by atoms with E-state index in [1.165, 1.54) is 25.7 Å². The fourth-order valence-electron chi connectivity index (χ4n) is 2.47. The number of nitrogens with zero attached hydrogens (tertiary/aromatic N) is 1. The van der Waals surface area contributed by atoms with E-state index >= 15 is 0 Å². The van der Waals surface area contributed by atoms with Crippen LogP contribution in [-0.4, -0.2) is 43.3 Å². The predicted octanol–water partition coefficient (Wildman–Crippen LogP) is 1.75. The topological polar surface area (TPSA) is 41.6 Å². The Morgan fingerprint density at radius 3 is 2.56 bits per heavy atom. The Hall–Kier alpha value is -0.770. The van der Waals surface area contributed by atoms with Crippen molar-refractivity contribution in [3.05, 3.63) is 0 Å². The second-order valence-corrected chi connectivity index (χ2v) is 4.70. The first kappa shape index (κ1) is 11.7. The standard InChI is InChI=1S/C12H22N2O2/c15-12(14-8-3-4-9-14)13-7-10-16-11-5-1-2-6-11/h11H,1-10H2,(H,13,15). The van der Waals surface area contributed by atoms with Crippen LogP contribution in [0.15, 0.2) is 0 Å². The van der Waals surface area contributed by atoms with E-state index in [1.54, 1.807) is 0 Å². The molecule has 4 heteroatoms. The highest BCUT2D eigenvalue weighted by Gasteiger charge is 2.18. The van der Waals surface area contributed by atoms with Crippen molar-refractivity contribution in [3.8, 4) is 0 Å². The third kappa shape index (κ3) is 3.37. The minimum atomic E-state index is 0.0764. The molecule has 2 aliphatic rings. The fourth-order valence-corrected chi connectivity index (χ4v) is 2.47. The van der Waals surface area contributed by atoms with E-state index in [1.807, 2.05) is 4.90 Å². The molecule has 0 spiro atoms. The number of likely N-dealkylation sites (tertiary alicyclic amines) is 1. The van der Waals surface area contributed by atoms with E-state index < -0.39 is 0 Å². The van der Waals surface area contributed by atoms with Crippen molar-refractivity contribution in [2.24, 2.45) is 0 Å². The molecule has 0 aromatic heterocycles. The van der Waals surface area contributed by atoms with E-state index in [-0.39, 0.29) is 6.03 Å². The number of carbonyl (C=O) groups is 1. The third-order valence-electron chi connectivity index (χ3n) is 3.43.